The lowest BCUT2D eigenvalue weighted by molar-refractivity contribution is 0.0952. The summed E-state index contributed by atoms with van der Waals surface area (Å²) in [6, 6.07) is 8.85. The number of nitrogens with zero attached hydrogens (tertiary/aromatic N) is 1. The summed E-state index contributed by atoms with van der Waals surface area (Å²) in [6.45, 7) is 6.64. The van der Waals surface area contributed by atoms with Crippen molar-refractivity contribution in [1.82, 2.24) is 9.88 Å². The highest BCUT2D eigenvalue weighted by Crippen LogP contribution is 2.10. The second kappa shape index (κ2) is 7.13. The van der Waals surface area contributed by atoms with E-state index in [9.17, 15) is 9.59 Å². The van der Waals surface area contributed by atoms with Crippen LogP contribution in [0.4, 0.5) is 0 Å². The Morgan fingerprint density at radius 2 is 1.87 bits per heavy atom. The van der Waals surface area contributed by atoms with E-state index in [0.717, 1.165) is 16.8 Å². The van der Waals surface area contributed by atoms with E-state index < -0.39 is 0 Å². The van der Waals surface area contributed by atoms with Crippen molar-refractivity contribution >= 4 is 5.91 Å². The van der Waals surface area contributed by atoms with Crippen LogP contribution in [-0.4, -0.2) is 24.1 Å². The zero-order chi connectivity index (χ0) is 17.0. The second-order valence-corrected chi connectivity index (χ2v) is 5.58. The van der Waals surface area contributed by atoms with Gasteiger partial charge in [0.05, 0.1) is 7.11 Å². The lowest BCUT2D eigenvalue weighted by Gasteiger charge is -2.12. The first-order chi connectivity index (χ1) is 10.9. The van der Waals surface area contributed by atoms with Crippen LogP contribution < -0.4 is 15.6 Å². The number of methoxy groups -OCH3 is 1. The molecule has 0 aliphatic carbocycles. The minimum atomic E-state index is -0.137. The fourth-order valence-electron chi connectivity index (χ4n) is 2.37. The summed E-state index contributed by atoms with van der Waals surface area (Å²) in [7, 11) is 1.53. The van der Waals surface area contributed by atoms with Gasteiger partial charge >= 0.3 is 0 Å². The number of rotatable bonds is 5. The Balaban J connectivity index is 2.01. The van der Waals surface area contributed by atoms with Crippen LogP contribution in [0.15, 0.2) is 35.1 Å². The summed E-state index contributed by atoms with van der Waals surface area (Å²) in [5, 5.41) is 2.85. The molecule has 2 aromatic rings. The maximum absolute atomic E-state index is 12.2. The molecule has 0 fully saturated rings. The third-order valence-corrected chi connectivity index (χ3v) is 3.93. The van der Waals surface area contributed by atoms with Crippen molar-refractivity contribution in [2.45, 2.75) is 27.3 Å². The van der Waals surface area contributed by atoms with Gasteiger partial charge in [0.1, 0.15) is 5.75 Å². The molecule has 5 nitrogen and oxygen atoms in total. The predicted molar refractivity (Wildman–Crippen MR) is 90.2 cm³/mol. The Morgan fingerprint density at radius 1 is 1.13 bits per heavy atom. The number of carbonyl (C=O) groups is 1. The van der Waals surface area contributed by atoms with Crippen LogP contribution >= 0.6 is 0 Å². The van der Waals surface area contributed by atoms with E-state index in [-0.39, 0.29) is 11.5 Å². The summed E-state index contributed by atoms with van der Waals surface area (Å²) in [5.74, 6) is 0.412. The normalized spacial score (nSPS) is 10.4. The van der Waals surface area contributed by atoms with Gasteiger partial charge < -0.3 is 14.6 Å². The van der Waals surface area contributed by atoms with Gasteiger partial charge in [0.2, 0.25) is 0 Å². The van der Waals surface area contributed by atoms with Gasteiger partial charge in [0, 0.05) is 30.4 Å². The Morgan fingerprint density at radius 3 is 2.48 bits per heavy atom. The Labute approximate surface area is 135 Å². The van der Waals surface area contributed by atoms with Crippen molar-refractivity contribution < 1.29 is 9.53 Å². The van der Waals surface area contributed by atoms with Gasteiger partial charge in [-0.05, 0) is 50.1 Å². The fourth-order valence-corrected chi connectivity index (χ4v) is 2.37. The first kappa shape index (κ1) is 16.8. The van der Waals surface area contributed by atoms with Crippen molar-refractivity contribution in [3.05, 3.63) is 63.1 Å². The molecule has 0 atom stereocenters. The molecule has 0 radical (unpaired) electrons. The number of hydrogen-bond donors (Lipinski definition) is 1. The van der Waals surface area contributed by atoms with Gasteiger partial charge in [-0.3, -0.25) is 9.59 Å². The number of aryl methyl sites for hydroxylation is 3. The van der Waals surface area contributed by atoms with E-state index in [1.165, 1.54) is 13.2 Å². The first-order valence-electron chi connectivity index (χ1n) is 7.53. The molecule has 0 aliphatic heterocycles. The van der Waals surface area contributed by atoms with Crippen molar-refractivity contribution in [1.29, 1.82) is 0 Å². The highest BCUT2D eigenvalue weighted by Gasteiger charge is 2.08. The molecule has 1 aromatic carbocycles. The number of pyridine rings is 1. The molecule has 1 amide bonds. The molecule has 2 rings (SSSR count). The van der Waals surface area contributed by atoms with Crippen LogP contribution in [0.3, 0.4) is 0 Å². The Hall–Kier alpha value is -2.56. The molecular formula is C18H22N2O3. The predicted octanol–water partition coefficient (Wildman–Crippen LogP) is 2.21. The molecule has 0 unspecified atom stereocenters. The maximum atomic E-state index is 12.2. The van der Waals surface area contributed by atoms with Crippen molar-refractivity contribution in [3.63, 3.8) is 0 Å². The van der Waals surface area contributed by atoms with Gasteiger partial charge in [-0.2, -0.15) is 0 Å². The largest absolute Gasteiger partial charge is 0.496 e. The molecule has 1 N–H and O–H groups in total. The Bertz CT molecular complexity index is 778. The minimum absolute atomic E-state index is 0.132. The van der Waals surface area contributed by atoms with Gasteiger partial charge in [-0.1, -0.05) is 6.07 Å². The summed E-state index contributed by atoms with van der Waals surface area (Å²) in [6.07, 6.45) is 0. The summed E-state index contributed by atoms with van der Waals surface area (Å²) < 4.78 is 6.68. The van der Waals surface area contributed by atoms with E-state index in [1.54, 1.807) is 10.6 Å². The fraction of sp³-hybridized carbons (Fsp3) is 0.333. The number of ether oxygens (including phenoxy) is 1. The zero-order valence-corrected chi connectivity index (χ0v) is 14.0. The van der Waals surface area contributed by atoms with E-state index in [0.29, 0.717) is 24.4 Å². The molecule has 0 spiro atoms. The zero-order valence-electron chi connectivity index (χ0n) is 14.0. The van der Waals surface area contributed by atoms with Crippen LogP contribution in [-0.2, 0) is 6.54 Å². The van der Waals surface area contributed by atoms with Gasteiger partial charge in [0.25, 0.3) is 11.5 Å². The highest BCUT2D eigenvalue weighted by atomic mass is 16.5. The molecule has 0 aliphatic rings. The van der Waals surface area contributed by atoms with E-state index in [2.05, 4.69) is 5.32 Å². The summed E-state index contributed by atoms with van der Waals surface area (Å²) in [5.41, 5.74) is 3.53. The van der Waals surface area contributed by atoms with Gasteiger partial charge in [-0.15, -0.1) is 0 Å². The van der Waals surface area contributed by atoms with E-state index >= 15 is 0 Å². The number of aromatic nitrogens is 1. The third kappa shape index (κ3) is 4.00. The molecular weight excluding hydrogens is 292 g/mol. The maximum Gasteiger partial charge on any atom is 0.254 e. The molecule has 0 saturated heterocycles. The molecule has 0 bridgehead atoms. The summed E-state index contributed by atoms with van der Waals surface area (Å²) in [4.78, 5) is 24.2. The van der Waals surface area contributed by atoms with E-state index in [1.807, 2.05) is 39.0 Å². The van der Waals surface area contributed by atoms with Crippen LogP contribution in [0.1, 0.15) is 27.2 Å². The lowest BCUT2D eigenvalue weighted by Crippen LogP contribution is -2.31. The molecule has 122 valence electrons. The van der Waals surface area contributed by atoms with Crippen LogP contribution in [0, 0.1) is 20.8 Å². The standard InChI is InChI=1S/C18H22N2O3/c1-12-5-6-15(9-13(12)2)18(22)19-7-8-20-14(3)10-16(23-4)11-17(20)21/h5-6,9-11H,7-8H2,1-4H3,(H,19,22). The van der Waals surface area contributed by atoms with Crippen molar-refractivity contribution in [3.8, 4) is 5.75 Å². The molecule has 0 saturated carbocycles. The van der Waals surface area contributed by atoms with Crippen LogP contribution in [0.5, 0.6) is 5.75 Å². The molecule has 1 heterocycles. The monoisotopic (exact) mass is 314 g/mol. The third-order valence-electron chi connectivity index (χ3n) is 3.93. The number of benzene rings is 1. The molecule has 23 heavy (non-hydrogen) atoms. The number of hydrogen-bond acceptors (Lipinski definition) is 3. The topological polar surface area (TPSA) is 60.3 Å². The summed E-state index contributed by atoms with van der Waals surface area (Å²) >= 11 is 0. The number of carbonyl (C=O) groups excluding carboxylic acids is 1. The Kier molecular flexibility index (Phi) is 5.21. The SMILES string of the molecule is COc1cc(C)n(CCNC(=O)c2ccc(C)c(C)c2)c(=O)c1. The lowest BCUT2D eigenvalue weighted by atomic mass is 10.1. The van der Waals surface area contributed by atoms with Crippen molar-refractivity contribution in [2.24, 2.45) is 0 Å². The van der Waals surface area contributed by atoms with Gasteiger partial charge in [-0.25, -0.2) is 0 Å². The number of amides is 1. The average molecular weight is 314 g/mol. The first-order valence-corrected chi connectivity index (χ1v) is 7.53. The van der Waals surface area contributed by atoms with Gasteiger partial charge in [0.15, 0.2) is 0 Å². The van der Waals surface area contributed by atoms with Crippen molar-refractivity contribution in [2.75, 3.05) is 13.7 Å². The minimum Gasteiger partial charge on any atom is -0.496 e. The highest BCUT2D eigenvalue weighted by molar-refractivity contribution is 5.94. The second-order valence-electron chi connectivity index (χ2n) is 5.58. The smallest absolute Gasteiger partial charge is 0.254 e. The average Bonchev–Trinajstić information content (AvgIpc) is 2.52. The molecule has 5 heteroatoms. The molecule has 1 aromatic heterocycles. The number of nitrogens with one attached hydrogen (secondary N) is 1. The quantitative estimate of drug-likeness (QED) is 0.920. The van der Waals surface area contributed by atoms with Crippen LogP contribution in [0.25, 0.3) is 0 Å². The van der Waals surface area contributed by atoms with E-state index in [4.69, 9.17) is 4.74 Å². The van der Waals surface area contributed by atoms with Crippen LogP contribution in [0.2, 0.25) is 0 Å².